The molecule has 0 bridgehead atoms. The van der Waals surface area contributed by atoms with Crippen molar-refractivity contribution in [1.82, 2.24) is 14.7 Å². The quantitative estimate of drug-likeness (QED) is 0.841. The summed E-state index contributed by atoms with van der Waals surface area (Å²) in [7, 11) is 3.62. The number of ether oxygens (including phenoxy) is 1. The van der Waals surface area contributed by atoms with Crippen molar-refractivity contribution in [2.75, 3.05) is 20.2 Å². The first-order chi connectivity index (χ1) is 12.1. The van der Waals surface area contributed by atoms with Gasteiger partial charge in [-0.25, -0.2) is 0 Å². The van der Waals surface area contributed by atoms with Crippen molar-refractivity contribution in [3.63, 3.8) is 0 Å². The van der Waals surface area contributed by atoms with Gasteiger partial charge in [0.15, 0.2) is 0 Å². The molecule has 1 amide bonds. The van der Waals surface area contributed by atoms with E-state index in [1.165, 1.54) is 11.1 Å². The van der Waals surface area contributed by atoms with Crippen LogP contribution in [0.3, 0.4) is 0 Å². The molecule has 3 atom stereocenters. The third-order valence-electron chi connectivity index (χ3n) is 5.53. The van der Waals surface area contributed by atoms with E-state index in [1.54, 1.807) is 7.11 Å². The Morgan fingerprint density at radius 3 is 2.80 bits per heavy atom. The van der Waals surface area contributed by atoms with Crippen LogP contribution in [0.2, 0.25) is 0 Å². The highest BCUT2D eigenvalue weighted by atomic mass is 16.5. The molecule has 0 spiro atoms. The summed E-state index contributed by atoms with van der Waals surface area (Å²) in [5.74, 6) is 2.33. The van der Waals surface area contributed by atoms with Crippen LogP contribution in [-0.2, 0) is 18.3 Å². The summed E-state index contributed by atoms with van der Waals surface area (Å²) in [6.45, 7) is 1.79. The first-order valence-electron chi connectivity index (χ1n) is 9.04. The second-order valence-electron chi connectivity index (χ2n) is 7.39. The van der Waals surface area contributed by atoms with Crippen LogP contribution in [0.5, 0.6) is 5.75 Å². The van der Waals surface area contributed by atoms with Crippen molar-refractivity contribution in [3.05, 3.63) is 47.8 Å². The summed E-state index contributed by atoms with van der Waals surface area (Å²) in [6, 6.07) is 8.14. The lowest BCUT2D eigenvalue weighted by Crippen LogP contribution is -2.30. The minimum Gasteiger partial charge on any atom is -0.497 e. The van der Waals surface area contributed by atoms with Gasteiger partial charge in [-0.1, -0.05) is 12.1 Å². The number of benzene rings is 1. The van der Waals surface area contributed by atoms with Crippen LogP contribution < -0.4 is 4.74 Å². The highest BCUT2D eigenvalue weighted by Crippen LogP contribution is 2.49. The van der Waals surface area contributed by atoms with Crippen LogP contribution in [0, 0.1) is 11.8 Å². The zero-order valence-corrected chi connectivity index (χ0v) is 14.9. The van der Waals surface area contributed by atoms with E-state index in [-0.39, 0.29) is 5.92 Å². The maximum atomic E-state index is 12.8. The molecule has 5 heteroatoms. The molecule has 0 radical (unpaired) electrons. The van der Waals surface area contributed by atoms with Gasteiger partial charge in [0.25, 0.3) is 0 Å². The second-order valence-corrected chi connectivity index (χ2v) is 7.39. The molecule has 2 fully saturated rings. The summed E-state index contributed by atoms with van der Waals surface area (Å²) in [5.41, 5.74) is 2.52. The summed E-state index contributed by atoms with van der Waals surface area (Å²) in [4.78, 5) is 14.9. The van der Waals surface area contributed by atoms with Crippen LogP contribution in [0.15, 0.2) is 36.7 Å². The molecule has 25 heavy (non-hydrogen) atoms. The van der Waals surface area contributed by atoms with E-state index in [2.05, 4.69) is 28.3 Å². The Morgan fingerprint density at radius 2 is 2.12 bits per heavy atom. The molecule has 1 saturated carbocycles. The Hall–Kier alpha value is -2.30. The number of rotatable bonds is 5. The highest BCUT2D eigenvalue weighted by Gasteiger charge is 2.46. The fraction of sp³-hybridized carbons (Fsp3) is 0.500. The topological polar surface area (TPSA) is 47.4 Å². The molecule has 1 aromatic carbocycles. The number of carbonyl (C=O) groups excluding carboxylic acids is 1. The zero-order valence-electron chi connectivity index (χ0n) is 14.9. The molecule has 132 valence electrons. The summed E-state index contributed by atoms with van der Waals surface area (Å²) in [6.07, 6.45) is 7.11. The normalized spacial score (nSPS) is 25.2. The van der Waals surface area contributed by atoms with Gasteiger partial charge in [0.05, 0.1) is 13.3 Å². The van der Waals surface area contributed by atoms with Gasteiger partial charge < -0.3 is 9.64 Å². The highest BCUT2D eigenvalue weighted by molar-refractivity contribution is 5.83. The van der Waals surface area contributed by atoms with Gasteiger partial charge in [0.2, 0.25) is 5.91 Å². The van der Waals surface area contributed by atoms with Crippen molar-refractivity contribution in [1.29, 1.82) is 0 Å². The van der Waals surface area contributed by atoms with Crippen molar-refractivity contribution in [2.45, 2.75) is 25.2 Å². The fourth-order valence-corrected chi connectivity index (χ4v) is 4.03. The van der Waals surface area contributed by atoms with E-state index in [4.69, 9.17) is 4.74 Å². The van der Waals surface area contributed by atoms with E-state index < -0.39 is 0 Å². The van der Waals surface area contributed by atoms with Gasteiger partial charge in [-0.05, 0) is 54.4 Å². The van der Waals surface area contributed by atoms with E-state index >= 15 is 0 Å². The Kier molecular flexibility index (Phi) is 4.24. The Labute approximate surface area is 148 Å². The minimum atomic E-state index is 0.172. The molecular weight excluding hydrogens is 314 g/mol. The second kappa shape index (κ2) is 6.54. The Bertz CT molecular complexity index is 753. The first-order valence-corrected chi connectivity index (χ1v) is 9.04. The van der Waals surface area contributed by atoms with Crippen molar-refractivity contribution in [3.8, 4) is 5.75 Å². The molecule has 0 N–H and O–H groups in total. The summed E-state index contributed by atoms with van der Waals surface area (Å²) >= 11 is 0. The summed E-state index contributed by atoms with van der Waals surface area (Å²) in [5, 5.41) is 4.23. The predicted molar refractivity (Wildman–Crippen MR) is 95.4 cm³/mol. The number of carbonyl (C=O) groups is 1. The van der Waals surface area contributed by atoms with Crippen molar-refractivity contribution in [2.24, 2.45) is 18.9 Å². The van der Waals surface area contributed by atoms with Gasteiger partial charge in [-0.15, -0.1) is 0 Å². The van der Waals surface area contributed by atoms with Gasteiger partial charge in [-0.2, -0.15) is 5.10 Å². The van der Waals surface area contributed by atoms with Gasteiger partial charge in [0.1, 0.15) is 5.75 Å². The molecule has 0 unspecified atom stereocenters. The molecule has 1 aliphatic heterocycles. The van der Waals surface area contributed by atoms with Crippen LogP contribution in [0.25, 0.3) is 0 Å². The van der Waals surface area contributed by atoms with E-state index in [9.17, 15) is 4.79 Å². The summed E-state index contributed by atoms with van der Waals surface area (Å²) < 4.78 is 7.05. The first kappa shape index (κ1) is 16.2. The molecule has 1 aromatic heterocycles. The van der Waals surface area contributed by atoms with E-state index in [0.29, 0.717) is 17.7 Å². The van der Waals surface area contributed by atoms with Crippen molar-refractivity contribution < 1.29 is 9.53 Å². The minimum absolute atomic E-state index is 0.172. The molecule has 2 heterocycles. The number of hydrogen-bond acceptors (Lipinski definition) is 3. The third-order valence-corrected chi connectivity index (χ3v) is 5.53. The van der Waals surface area contributed by atoms with Gasteiger partial charge in [-0.3, -0.25) is 9.48 Å². The molecule has 1 aliphatic carbocycles. The maximum Gasteiger partial charge on any atom is 0.226 e. The predicted octanol–water partition coefficient (Wildman–Crippen LogP) is 2.62. The van der Waals surface area contributed by atoms with E-state index in [1.807, 2.05) is 30.1 Å². The number of aryl methyl sites for hydroxylation is 1. The number of nitrogens with zero attached hydrogens (tertiary/aromatic N) is 3. The van der Waals surface area contributed by atoms with Gasteiger partial charge >= 0.3 is 0 Å². The van der Waals surface area contributed by atoms with Crippen LogP contribution in [0.4, 0.5) is 0 Å². The molecule has 2 aliphatic rings. The number of amides is 1. The standard InChI is InChI=1S/C20H25N3O2/c1-22-12-15(11-21-22)9-14-7-8-23(13-14)20(24)19-10-18(19)16-3-5-17(25-2)6-4-16/h3-6,11-12,14,18-19H,7-10,13H2,1-2H3/t14-,18+,19-/m1/s1. The molecule has 4 rings (SSSR count). The maximum absolute atomic E-state index is 12.8. The fourth-order valence-electron chi connectivity index (χ4n) is 4.03. The Balaban J connectivity index is 1.31. The smallest absolute Gasteiger partial charge is 0.226 e. The van der Waals surface area contributed by atoms with Crippen LogP contribution in [0.1, 0.15) is 29.9 Å². The number of aromatic nitrogens is 2. The monoisotopic (exact) mass is 339 g/mol. The molecule has 1 saturated heterocycles. The van der Waals surface area contributed by atoms with E-state index in [0.717, 1.165) is 38.1 Å². The average Bonchev–Trinajstić information content (AvgIpc) is 3.12. The lowest BCUT2D eigenvalue weighted by molar-refractivity contribution is -0.131. The SMILES string of the molecule is COc1ccc([C@@H]2C[C@H]2C(=O)N2CC[C@H](Cc3cnn(C)c3)C2)cc1. The van der Waals surface area contributed by atoms with Crippen LogP contribution >= 0.6 is 0 Å². The molecule has 2 aromatic rings. The van der Waals surface area contributed by atoms with Crippen molar-refractivity contribution >= 4 is 5.91 Å². The third kappa shape index (κ3) is 3.41. The number of hydrogen-bond donors (Lipinski definition) is 0. The zero-order chi connectivity index (χ0) is 17.4. The van der Waals surface area contributed by atoms with Gasteiger partial charge in [0, 0.05) is 32.3 Å². The average molecular weight is 339 g/mol. The van der Waals surface area contributed by atoms with Crippen LogP contribution in [-0.4, -0.2) is 40.8 Å². The molecular formula is C20H25N3O2. The lowest BCUT2D eigenvalue weighted by Gasteiger charge is -2.16. The lowest BCUT2D eigenvalue weighted by atomic mass is 10.0. The number of likely N-dealkylation sites (tertiary alicyclic amines) is 1. The Morgan fingerprint density at radius 1 is 1.32 bits per heavy atom. The largest absolute Gasteiger partial charge is 0.497 e. The molecule has 5 nitrogen and oxygen atoms in total. The number of methoxy groups -OCH3 is 1.